The molecule has 27 heavy (non-hydrogen) atoms. The second-order valence-corrected chi connectivity index (χ2v) is 8.05. The summed E-state index contributed by atoms with van der Waals surface area (Å²) in [6, 6.07) is 0. The highest BCUT2D eigenvalue weighted by atomic mass is 16.4. The Balaban J connectivity index is 2.65. The summed E-state index contributed by atoms with van der Waals surface area (Å²) in [4.78, 5) is 24.0. The first-order chi connectivity index (χ1) is 12.8. The molecule has 1 fully saturated rings. The molecule has 0 heterocycles. The van der Waals surface area contributed by atoms with Gasteiger partial charge in [0.05, 0.1) is 11.5 Å². The minimum atomic E-state index is -1.66. The van der Waals surface area contributed by atoms with Crippen LogP contribution in [0.2, 0.25) is 0 Å². The van der Waals surface area contributed by atoms with Gasteiger partial charge < -0.3 is 15.3 Å². The summed E-state index contributed by atoms with van der Waals surface area (Å²) < 4.78 is 0. The molecule has 5 heteroatoms. The summed E-state index contributed by atoms with van der Waals surface area (Å²) in [5.41, 5.74) is -3.16. The van der Waals surface area contributed by atoms with Crippen molar-refractivity contribution in [3.8, 4) is 0 Å². The molecule has 3 atom stereocenters. The third kappa shape index (κ3) is 6.72. The first kappa shape index (κ1) is 23.8. The van der Waals surface area contributed by atoms with E-state index in [0.29, 0.717) is 25.7 Å². The SMILES string of the molecule is CC=CCCC(C(=O)O)C1(O)CCCC1(O)CCC(=O)CCCCCCC. The molecular weight excluding hydrogens is 344 g/mol. The van der Waals surface area contributed by atoms with Crippen LogP contribution in [-0.4, -0.2) is 38.3 Å². The minimum absolute atomic E-state index is 0.0926. The van der Waals surface area contributed by atoms with E-state index >= 15 is 0 Å². The molecule has 0 spiro atoms. The molecule has 0 bridgehead atoms. The summed E-state index contributed by atoms with van der Waals surface area (Å²) in [5.74, 6) is -2.01. The van der Waals surface area contributed by atoms with Gasteiger partial charge in [-0.1, -0.05) is 44.8 Å². The number of carbonyl (C=O) groups is 2. The maximum absolute atomic E-state index is 12.2. The van der Waals surface area contributed by atoms with Gasteiger partial charge in [0.2, 0.25) is 0 Å². The third-order valence-corrected chi connectivity index (χ3v) is 6.06. The molecule has 156 valence electrons. The molecule has 0 radical (unpaired) electrons. The van der Waals surface area contributed by atoms with Crippen LogP contribution in [0.3, 0.4) is 0 Å². The van der Waals surface area contributed by atoms with E-state index in [1.54, 1.807) is 0 Å². The van der Waals surface area contributed by atoms with Crippen molar-refractivity contribution in [1.82, 2.24) is 0 Å². The van der Waals surface area contributed by atoms with E-state index in [0.717, 1.165) is 19.3 Å². The van der Waals surface area contributed by atoms with Gasteiger partial charge in [0, 0.05) is 12.8 Å². The maximum atomic E-state index is 12.2. The molecule has 1 aliphatic carbocycles. The Morgan fingerprint density at radius 2 is 1.78 bits per heavy atom. The predicted molar refractivity (Wildman–Crippen MR) is 107 cm³/mol. The van der Waals surface area contributed by atoms with E-state index in [1.807, 2.05) is 19.1 Å². The molecule has 0 aromatic heterocycles. The summed E-state index contributed by atoms with van der Waals surface area (Å²) in [6.45, 7) is 4.02. The molecule has 3 unspecified atom stereocenters. The number of Topliss-reactive ketones (excluding diaryl/α,β-unsaturated/α-hetero) is 1. The van der Waals surface area contributed by atoms with Gasteiger partial charge in [-0.15, -0.1) is 0 Å². The largest absolute Gasteiger partial charge is 0.481 e. The Labute approximate surface area is 163 Å². The molecular formula is C22H38O5. The monoisotopic (exact) mass is 382 g/mol. The molecule has 1 saturated carbocycles. The molecule has 0 saturated heterocycles. The molecule has 0 aromatic carbocycles. The Hall–Kier alpha value is -1.20. The number of aliphatic hydroxyl groups is 2. The lowest BCUT2D eigenvalue weighted by atomic mass is 9.71. The Kier molecular flexibility index (Phi) is 10.2. The van der Waals surface area contributed by atoms with Crippen LogP contribution < -0.4 is 0 Å². The number of unbranched alkanes of at least 4 members (excludes halogenated alkanes) is 4. The van der Waals surface area contributed by atoms with Gasteiger partial charge in [-0.05, 0) is 51.9 Å². The first-order valence-corrected chi connectivity index (χ1v) is 10.6. The Morgan fingerprint density at radius 3 is 2.41 bits per heavy atom. The van der Waals surface area contributed by atoms with Crippen LogP contribution in [0, 0.1) is 5.92 Å². The number of carboxylic acids is 1. The fraction of sp³-hybridized carbons (Fsp3) is 0.818. The number of hydrogen-bond donors (Lipinski definition) is 3. The van der Waals surface area contributed by atoms with Gasteiger partial charge in [0.1, 0.15) is 11.4 Å². The van der Waals surface area contributed by atoms with Crippen molar-refractivity contribution in [2.45, 2.75) is 109 Å². The molecule has 0 amide bonds. The van der Waals surface area contributed by atoms with Gasteiger partial charge >= 0.3 is 5.97 Å². The molecule has 0 aliphatic heterocycles. The summed E-state index contributed by atoms with van der Waals surface area (Å²) in [5, 5.41) is 31.9. The van der Waals surface area contributed by atoms with Gasteiger partial charge in [-0.25, -0.2) is 0 Å². The third-order valence-electron chi connectivity index (χ3n) is 6.06. The zero-order chi connectivity index (χ0) is 20.3. The van der Waals surface area contributed by atoms with Crippen molar-refractivity contribution in [1.29, 1.82) is 0 Å². The van der Waals surface area contributed by atoms with Crippen LogP contribution >= 0.6 is 0 Å². The average Bonchev–Trinajstić information content (AvgIpc) is 2.92. The quantitative estimate of drug-likeness (QED) is 0.306. The second kappa shape index (κ2) is 11.6. The molecule has 1 rings (SSSR count). The number of ketones is 1. The van der Waals surface area contributed by atoms with Gasteiger partial charge in [0.25, 0.3) is 0 Å². The van der Waals surface area contributed by atoms with E-state index in [4.69, 9.17) is 0 Å². The van der Waals surface area contributed by atoms with Crippen molar-refractivity contribution in [2.75, 3.05) is 0 Å². The van der Waals surface area contributed by atoms with E-state index < -0.39 is 23.1 Å². The fourth-order valence-corrected chi connectivity index (χ4v) is 4.33. The van der Waals surface area contributed by atoms with Crippen molar-refractivity contribution < 1.29 is 24.9 Å². The number of allylic oxidation sites excluding steroid dienone is 2. The summed E-state index contributed by atoms with van der Waals surface area (Å²) in [7, 11) is 0. The van der Waals surface area contributed by atoms with Crippen LogP contribution in [0.5, 0.6) is 0 Å². The molecule has 1 aliphatic rings. The average molecular weight is 383 g/mol. The summed E-state index contributed by atoms with van der Waals surface area (Å²) in [6.07, 6.45) is 12.0. The number of aliphatic carboxylic acids is 1. The van der Waals surface area contributed by atoms with E-state index in [2.05, 4.69) is 6.92 Å². The van der Waals surface area contributed by atoms with Crippen LogP contribution in [0.1, 0.15) is 97.3 Å². The highest BCUT2D eigenvalue weighted by molar-refractivity contribution is 5.78. The van der Waals surface area contributed by atoms with Crippen molar-refractivity contribution in [2.24, 2.45) is 5.92 Å². The van der Waals surface area contributed by atoms with Crippen LogP contribution in [-0.2, 0) is 9.59 Å². The summed E-state index contributed by atoms with van der Waals surface area (Å²) >= 11 is 0. The second-order valence-electron chi connectivity index (χ2n) is 8.05. The van der Waals surface area contributed by atoms with E-state index in [9.17, 15) is 24.9 Å². The lowest BCUT2D eigenvalue weighted by Crippen LogP contribution is -2.57. The van der Waals surface area contributed by atoms with Crippen LogP contribution in [0.4, 0.5) is 0 Å². The van der Waals surface area contributed by atoms with Crippen LogP contribution in [0.15, 0.2) is 12.2 Å². The van der Waals surface area contributed by atoms with Crippen molar-refractivity contribution in [3.05, 3.63) is 12.2 Å². The molecule has 0 aromatic rings. The van der Waals surface area contributed by atoms with Crippen molar-refractivity contribution in [3.63, 3.8) is 0 Å². The Bertz CT molecular complexity index is 501. The standard InChI is InChI=1S/C22H38O5/c1-3-5-7-8-10-12-18(23)14-17-21(26)15-11-16-22(21,27)19(20(24)25)13-9-6-4-2/h4,6,19,26-27H,3,5,7-17H2,1-2H3,(H,24,25). The smallest absolute Gasteiger partial charge is 0.309 e. The fourth-order valence-electron chi connectivity index (χ4n) is 4.33. The lowest BCUT2D eigenvalue weighted by Gasteiger charge is -2.42. The zero-order valence-electron chi connectivity index (χ0n) is 17.1. The zero-order valence-corrected chi connectivity index (χ0v) is 17.1. The highest BCUT2D eigenvalue weighted by Gasteiger charge is 2.58. The number of hydrogen-bond acceptors (Lipinski definition) is 4. The topological polar surface area (TPSA) is 94.8 Å². The molecule has 5 nitrogen and oxygen atoms in total. The predicted octanol–water partition coefficient (Wildman–Crippen LogP) is 4.40. The van der Waals surface area contributed by atoms with E-state index in [-0.39, 0.29) is 31.5 Å². The number of carbonyl (C=O) groups excluding carboxylic acids is 1. The number of carboxylic acid groups (broad SMARTS) is 1. The minimum Gasteiger partial charge on any atom is -0.481 e. The highest BCUT2D eigenvalue weighted by Crippen LogP contribution is 2.48. The Morgan fingerprint density at radius 1 is 1.07 bits per heavy atom. The normalized spacial score (nSPS) is 26.5. The number of rotatable bonds is 14. The maximum Gasteiger partial charge on any atom is 0.309 e. The van der Waals surface area contributed by atoms with E-state index in [1.165, 1.54) is 12.8 Å². The van der Waals surface area contributed by atoms with Crippen LogP contribution in [0.25, 0.3) is 0 Å². The molecule has 3 N–H and O–H groups in total. The van der Waals surface area contributed by atoms with Gasteiger partial charge in [-0.2, -0.15) is 0 Å². The lowest BCUT2D eigenvalue weighted by molar-refractivity contribution is -0.186. The van der Waals surface area contributed by atoms with Gasteiger partial charge in [-0.3, -0.25) is 9.59 Å². The van der Waals surface area contributed by atoms with Gasteiger partial charge in [0.15, 0.2) is 0 Å². The first-order valence-electron chi connectivity index (χ1n) is 10.6. The van der Waals surface area contributed by atoms with Crippen molar-refractivity contribution >= 4 is 11.8 Å².